The molecule has 1 amide bonds. The zero-order chi connectivity index (χ0) is 14.4. The molecule has 6 nitrogen and oxygen atoms in total. The van der Waals surface area contributed by atoms with E-state index in [4.69, 9.17) is 33.3 Å². The van der Waals surface area contributed by atoms with Gasteiger partial charge in [-0.05, 0) is 11.6 Å². The van der Waals surface area contributed by atoms with Gasteiger partial charge in [0, 0.05) is 11.0 Å². The minimum Gasteiger partial charge on any atom is -0.470 e. The normalized spacial score (nSPS) is 9.79. The maximum absolute atomic E-state index is 11.0. The summed E-state index contributed by atoms with van der Waals surface area (Å²) in [6, 6.07) is 0. The number of hydrogen-bond acceptors (Lipinski definition) is 6. The molecule has 1 heterocycles. The maximum Gasteiger partial charge on any atom is 0.306 e. The average Bonchev–Trinajstić information content (AvgIpc) is 2.83. The number of aromatic nitrogens is 1. The molecule has 0 saturated heterocycles. The zero-order valence-corrected chi connectivity index (χ0v) is 11.9. The van der Waals surface area contributed by atoms with Gasteiger partial charge >= 0.3 is 5.24 Å². The number of carbonyl (C=O) groups excluding carboxylic acids is 2. The Hall–Kier alpha value is -1.44. The fraction of sp³-hybridized carbons (Fsp3) is 0.200. The third-order valence-corrected chi connectivity index (χ3v) is 2.98. The number of thiazole rings is 1. The number of amides is 1. The Labute approximate surface area is 122 Å². The monoisotopic (exact) mass is 321 g/mol. The van der Waals surface area contributed by atoms with Crippen LogP contribution in [-0.4, -0.2) is 34.5 Å². The molecule has 19 heavy (non-hydrogen) atoms. The van der Waals surface area contributed by atoms with Crippen molar-refractivity contribution in [3.8, 4) is 0 Å². The summed E-state index contributed by atoms with van der Waals surface area (Å²) in [7, 11) is 0. The topological polar surface area (TPSA) is 92.1 Å². The van der Waals surface area contributed by atoms with Crippen molar-refractivity contribution in [2.45, 2.75) is 0 Å². The molecule has 0 fully saturated rings. The number of nitrogens with one attached hydrogen (secondary N) is 2. The van der Waals surface area contributed by atoms with Gasteiger partial charge in [0.25, 0.3) is 5.90 Å². The van der Waals surface area contributed by atoms with Crippen LogP contribution < -0.4 is 5.32 Å². The van der Waals surface area contributed by atoms with Crippen molar-refractivity contribution in [3.63, 3.8) is 0 Å². The molecule has 0 saturated carbocycles. The second-order valence-electron chi connectivity index (χ2n) is 3.21. The van der Waals surface area contributed by atoms with Crippen LogP contribution in [0, 0.1) is 5.41 Å². The second kappa shape index (κ2) is 7.22. The Morgan fingerprint density at radius 2 is 2.26 bits per heavy atom. The minimum atomic E-state index is -0.985. The first-order valence-electron chi connectivity index (χ1n) is 4.84. The summed E-state index contributed by atoms with van der Waals surface area (Å²) in [5, 5.41) is 10.6. The molecule has 0 unspecified atom stereocenters. The fourth-order valence-corrected chi connectivity index (χ4v) is 1.82. The summed E-state index contributed by atoms with van der Waals surface area (Å²) in [5.74, 6) is -1.18. The van der Waals surface area contributed by atoms with Gasteiger partial charge in [0.2, 0.25) is 5.91 Å². The Bertz CT molecular complexity index is 530. The van der Waals surface area contributed by atoms with Gasteiger partial charge in [-0.1, -0.05) is 6.58 Å². The molecule has 1 rings (SSSR count). The summed E-state index contributed by atoms with van der Waals surface area (Å²) < 4.78 is 4.79. The number of halogens is 2. The molecular formula is C10H9Cl2N3O3S. The van der Waals surface area contributed by atoms with Gasteiger partial charge in [-0.3, -0.25) is 15.0 Å². The fourth-order valence-electron chi connectivity index (χ4n) is 0.936. The van der Waals surface area contributed by atoms with Crippen LogP contribution in [0.15, 0.2) is 12.0 Å². The molecule has 0 aliphatic carbocycles. The lowest BCUT2D eigenvalue weighted by atomic mass is 10.2. The Morgan fingerprint density at radius 1 is 1.58 bits per heavy atom. The van der Waals surface area contributed by atoms with Crippen molar-refractivity contribution in [1.82, 2.24) is 4.98 Å². The van der Waals surface area contributed by atoms with Gasteiger partial charge in [-0.2, -0.15) is 0 Å². The maximum atomic E-state index is 11.0. The van der Waals surface area contributed by atoms with Crippen molar-refractivity contribution in [2.24, 2.45) is 0 Å². The molecule has 0 radical (unpaired) electrons. The lowest BCUT2D eigenvalue weighted by Gasteiger charge is -2.04. The van der Waals surface area contributed by atoms with Crippen molar-refractivity contribution in [3.05, 3.63) is 17.7 Å². The molecule has 9 heteroatoms. The molecule has 0 atom stereocenters. The van der Waals surface area contributed by atoms with E-state index < -0.39 is 11.1 Å². The molecular weight excluding hydrogens is 313 g/mol. The van der Waals surface area contributed by atoms with E-state index in [9.17, 15) is 9.59 Å². The van der Waals surface area contributed by atoms with Gasteiger partial charge < -0.3 is 10.1 Å². The summed E-state index contributed by atoms with van der Waals surface area (Å²) in [4.78, 5) is 25.7. The van der Waals surface area contributed by atoms with Crippen molar-refractivity contribution >= 4 is 62.3 Å². The average molecular weight is 322 g/mol. The highest BCUT2D eigenvalue weighted by Gasteiger charge is 2.11. The zero-order valence-electron chi connectivity index (χ0n) is 9.53. The van der Waals surface area contributed by atoms with Crippen LogP contribution >= 0.6 is 34.5 Å². The number of alkyl halides is 1. The lowest BCUT2D eigenvalue weighted by molar-refractivity contribution is -0.114. The van der Waals surface area contributed by atoms with Crippen molar-refractivity contribution in [1.29, 1.82) is 5.41 Å². The molecule has 0 spiro atoms. The molecule has 1 aromatic rings. The summed E-state index contributed by atoms with van der Waals surface area (Å²) in [5.41, 5.74) is 0.940. The van der Waals surface area contributed by atoms with Crippen LogP contribution in [0.4, 0.5) is 5.13 Å². The first kappa shape index (κ1) is 15.6. The van der Waals surface area contributed by atoms with E-state index in [1.165, 1.54) is 11.3 Å². The molecule has 2 N–H and O–H groups in total. The van der Waals surface area contributed by atoms with Crippen LogP contribution in [-0.2, 0) is 14.3 Å². The van der Waals surface area contributed by atoms with Gasteiger partial charge in [0.05, 0.1) is 5.69 Å². The number of ether oxygens (including phenoxy) is 1. The van der Waals surface area contributed by atoms with Crippen LogP contribution in [0.5, 0.6) is 0 Å². The first-order chi connectivity index (χ1) is 8.93. The van der Waals surface area contributed by atoms with Gasteiger partial charge in [-0.15, -0.1) is 22.9 Å². The van der Waals surface area contributed by atoms with Crippen LogP contribution in [0.1, 0.15) is 5.69 Å². The molecule has 0 aliphatic rings. The predicted molar refractivity (Wildman–Crippen MR) is 75.0 cm³/mol. The van der Waals surface area contributed by atoms with Gasteiger partial charge in [0.15, 0.2) is 5.13 Å². The van der Waals surface area contributed by atoms with E-state index in [1.54, 1.807) is 5.38 Å². The molecule has 102 valence electrons. The predicted octanol–water partition coefficient (Wildman–Crippen LogP) is 2.09. The Balaban J connectivity index is 2.56. The Morgan fingerprint density at radius 3 is 2.84 bits per heavy atom. The molecule has 0 bridgehead atoms. The Kier molecular flexibility index (Phi) is 5.94. The third kappa shape index (κ3) is 4.98. The number of carbonyl (C=O) groups is 2. The lowest BCUT2D eigenvalue weighted by Crippen LogP contribution is -2.13. The van der Waals surface area contributed by atoms with E-state index in [2.05, 4.69) is 16.9 Å². The van der Waals surface area contributed by atoms with E-state index in [1.807, 2.05) is 0 Å². The standard InChI is InChI=1S/C10H9Cl2N3O3S/c1-5(3-18-9(13)8(12)17)6-4-19-10(14-6)15-7(16)2-11/h4,13H,1-3H2,(H,14,15,16). The highest BCUT2D eigenvalue weighted by Crippen LogP contribution is 2.20. The first-order valence-corrected chi connectivity index (χ1v) is 6.64. The molecule has 0 aromatic carbocycles. The summed E-state index contributed by atoms with van der Waals surface area (Å²) in [6.07, 6.45) is 0. The van der Waals surface area contributed by atoms with E-state index >= 15 is 0 Å². The molecule has 0 aliphatic heterocycles. The number of hydrogen-bond donors (Lipinski definition) is 2. The van der Waals surface area contributed by atoms with Crippen LogP contribution in [0.25, 0.3) is 5.57 Å². The van der Waals surface area contributed by atoms with Crippen molar-refractivity contribution < 1.29 is 14.3 Å². The minimum absolute atomic E-state index is 0.0933. The summed E-state index contributed by atoms with van der Waals surface area (Å²) in [6.45, 7) is 3.60. The van der Waals surface area contributed by atoms with E-state index in [-0.39, 0.29) is 18.4 Å². The largest absolute Gasteiger partial charge is 0.470 e. The quantitative estimate of drug-likeness (QED) is 0.363. The van der Waals surface area contributed by atoms with Crippen LogP contribution in [0.3, 0.4) is 0 Å². The number of anilines is 1. The molecule has 1 aromatic heterocycles. The number of nitrogens with zero attached hydrogens (tertiary/aromatic N) is 1. The van der Waals surface area contributed by atoms with E-state index in [0.29, 0.717) is 16.4 Å². The van der Waals surface area contributed by atoms with E-state index in [0.717, 1.165) is 0 Å². The number of rotatable bonds is 6. The second-order valence-corrected chi connectivity index (χ2v) is 4.68. The highest BCUT2D eigenvalue weighted by molar-refractivity contribution is 7.14. The van der Waals surface area contributed by atoms with Gasteiger partial charge in [0.1, 0.15) is 12.5 Å². The third-order valence-electron chi connectivity index (χ3n) is 1.80. The van der Waals surface area contributed by atoms with Crippen molar-refractivity contribution in [2.75, 3.05) is 17.8 Å². The smallest absolute Gasteiger partial charge is 0.306 e. The highest BCUT2D eigenvalue weighted by atomic mass is 35.5. The van der Waals surface area contributed by atoms with Gasteiger partial charge in [-0.25, -0.2) is 4.98 Å². The van der Waals surface area contributed by atoms with Crippen LogP contribution in [0.2, 0.25) is 0 Å². The SMILES string of the molecule is C=C(COC(=N)C(=O)Cl)c1csc(NC(=O)CCl)n1. The summed E-state index contributed by atoms with van der Waals surface area (Å²) >= 11 is 11.6.